The largest absolute Gasteiger partial charge is 0.373 e. The first-order valence-electron chi connectivity index (χ1n) is 15.1. The Bertz CT molecular complexity index is 1280. The van der Waals surface area contributed by atoms with Crippen LogP contribution >= 0.6 is 0 Å². The molecule has 4 aromatic rings. The third kappa shape index (κ3) is 7.75. The first-order chi connectivity index (χ1) is 19.6. The smallest absolute Gasteiger partial charge is 0.0703 e. The third-order valence-corrected chi connectivity index (χ3v) is 8.81. The first kappa shape index (κ1) is 30.3. The van der Waals surface area contributed by atoms with E-state index in [-0.39, 0.29) is 0 Å². The van der Waals surface area contributed by atoms with Gasteiger partial charge in [0.05, 0.1) is 35.2 Å². The molecule has 0 atom stereocenters. The quantitative estimate of drug-likeness (QED) is 0.165. The first-order valence-corrected chi connectivity index (χ1v) is 15.1. The predicted molar refractivity (Wildman–Crippen MR) is 177 cm³/mol. The highest BCUT2D eigenvalue weighted by atomic mass is 15.1. The van der Waals surface area contributed by atoms with Crippen molar-refractivity contribution in [2.45, 2.75) is 73.6 Å². The number of unbranched alkanes of at least 4 members (excludes halogenated alkanes) is 4. The highest BCUT2D eigenvalue weighted by Crippen LogP contribution is 2.26. The Labute approximate surface area is 248 Å². The number of benzene rings is 2. The van der Waals surface area contributed by atoms with Crippen LogP contribution in [0.4, 0.5) is 11.4 Å². The zero-order chi connectivity index (χ0) is 29.5. The Kier molecular flexibility index (Phi) is 10.2. The van der Waals surface area contributed by atoms with Gasteiger partial charge in [0.2, 0.25) is 0 Å². The molecular weight excluding hydrogens is 500 g/mol. The molecule has 41 heavy (non-hydrogen) atoms. The maximum atomic E-state index is 4.77. The molecule has 0 radical (unpaired) electrons. The fourth-order valence-electron chi connectivity index (χ4n) is 5.42. The van der Waals surface area contributed by atoms with Crippen molar-refractivity contribution in [1.29, 1.82) is 0 Å². The standard InChI is InChI=1S/C37H48N4/c1-26-20-32(21-27(2)30(26)5)36-16-14-34(24-38-36)40(7)18-12-10-9-11-13-19-41(8)35-15-17-37(39-25-35)33-22-28(3)31(6)29(4)23-33/h14-17,20-25H,9-13,18-19H2,1-8H3. The van der Waals surface area contributed by atoms with Crippen molar-refractivity contribution >= 4 is 11.4 Å². The minimum absolute atomic E-state index is 1.04. The normalized spacial score (nSPS) is 11.1. The van der Waals surface area contributed by atoms with E-state index < -0.39 is 0 Å². The van der Waals surface area contributed by atoms with Crippen LogP contribution in [-0.2, 0) is 0 Å². The number of anilines is 2. The number of hydrogen-bond acceptors (Lipinski definition) is 4. The molecule has 216 valence electrons. The van der Waals surface area contributed by atoms with Gasteiger partial charge in [0, 0.05) is 38.3 Å². The van der Waals surface area contributed by atoms with E-state index in [2.05, 4.69) is 114 Å². The average molecular weight is 549 g/mol. The molecule has 0 unspecified atom stereocenters. The molecule has 4 rings (SSSR count). The van der Waals surface area contributed by atoms with Gasteiger partial charge in [-0.3, -0.25) is 9.97 Å². The Balaban J connectivity index is 1.15. The molecule has 2 heterocycles. The van der Waals surface area contributed by atoms with Gasteiger partial charge in [-0.15, -0.1) is 0 Å². The van der Waals surface area contributed by atoms with E-state index in [0.29, 0.717) is 0 Å². The fourth-order valence-corrected chi connectivity index (χ4v) is 5.42. The second-order valence-corrected chi connectivity index (χ2v) is 11.9. The molecule has 0 aliphatic carbocycles. The lowest BCUT2D eigenvalue weighted by atomic mass is 9.99. The minimum Gasteiger partial charge on any atom is -0.373 e. The lowest BCUT2D eigenvalue weighted by Crippen LogP contribution is -2.19. The van der Waals surface area contributed by atoms with E-state index in [9.17, 15) is 0 Å². The van der Waals surface area contributed by atoms with Gasteiger partial charge >= 0.3 is 0 Å². The summed E-state index contributed by atoms with van der Waals surface area (Å²) in [6.07, 6.45) is 10.2. The van der Waals surface area contributed by atoms with Crippen molar-refractivity contribution in [1.82, 2.24) is 9.97 Å². The summed E-state index contributed by atoms with van der Waals surface area (Å²) in [6.45, 7) is 15.2. The summed E-state index contributed by atoms with van der Waals surface area (Å²) in [6, 6.07) is 17.7. The van der Waals surface area contributed by atoms with Crippen LogP contribution in [0.25, 0.3) is 22.5 Å². The lowest BCUT2D eigenvalue weighted by Gasteiger charge is -2.20. The van der Waals surface area contributed by atoms with Crippen molar-refractivity contribution in [3.8, 4) is 22.5 Å². The molecule has 4 nitrogen and oxygen atoms in total. The molecule has 0 spiro atoms. The van der Waals surface area contributed by atoms with Gasteiger partial charge in [-0.1, -0.05) is 19.3 Å². The van der Waals surface area contributed by atoms with E-state index in [4.69, 9.17) is 9.97 Å². The fraction of sp³-hybridized carbons (Fsp3) is 0.405. The van der Waals surface area contributed by atoms with Crippen molar-refractivity contribution < 1.29 is 0 Å². The Hall–Kier alpha value is -3.66. The van der Waals surface area contributed by atoms with E-state index in [1.54, 1.807) is 0 Å². The zero-order valence-electron chi connectivity index (χ0n) is 26.5. The number of hydrogen-bond donors (Lipinski definition) is 0. The number of aromatic nitrogens is 2. The Morgan fingerprint density at radius 2 is 0.829 bits per heavy atom. The van der Waals surface area contributed by atoms with Gasteiger partial charge in [0.1, 0.15) is 0 Å². The van der Waals surface area contributed by atoms with Crippen LogP contribution in [0, 0.1) is 41.5 Å². The van der Waals surface area contributed by atoms with Crippen LogP contribution in [-0.4, -0.2) is 37.2 Å². The Morgan fingerprint density at radius 3 is 1.15 bits per heavy atom. The highest BCUT2D eigenvalue weighted by molar-refractivity contribution is 5.65. The molecule has 0 saturated carbocycles. The SMILES string of the molecule is Cc1cc(-c2ccc(N(C)CCCCCCCN(C)c3ccc(-c4cc(C)c(C)c(C)c4)nc3)cn2)cc(C)c1C. The van der Waals surface area contributed by atoms with Gasteiger partial charge in [0.25, 0.3) is 0 Å². The predicted octanol–water partition coefficient (Wildman–Crippen LogP) is 9.18. The van der Waals surface area contributed by atoms with E-state index >= 15 is 0 Å². The second-order valence-electron chi connectivity index (χ2n) is 11.9. The highest BCUT2D eigenvalue weighted by Gasteiger charge is 2.08. The van der Waals surface area contributed by atoms with Gasteiger partial charge in [-0.25, -0.2) is 0 Å². The summed E-state index contributed by atoms with van der Waals surface area (Å²) in [7, 11) is 4.35. The molecule has 0 fully saturated rings. The number of pyridine rings is 2. The van der Waals surface area contributed by atoms with Crippen LogP contribution in [0.2, 0.25) is 0 Å². The maximum absolute atomic E-state index is 4.77. The van der Waals surface area contributed by atoms with E-state index in [1.807, 2.05) is 12.4 Å². The molecule has 0 bridgehead atoms. The van der Waals surface area contributed by atoms with Gasteiger partial charge in [0.15, 0.2) is 0 Å². The van der Waals surface area contributed by atoms with Crippen LogP contribution in [0.1, 0.15) is 65.5 Å². The molecule has 0 aliphatic heterocycles. The summed E-state index contributed by atoms with van der Waals surface area (Å²) in [5, 5.41) is 0. The maximum Gasteiger partial charge on any atom is 0.0703 e. The van der Waals surface area contributed by atoms with Crippen molar-refractivity contribution in [2.24, 2.45) is 0 Å². The molecular formula is C37H48N4. The van der Waals surface area contributed by atoms with E-state index in [1.165, 1.54) is 88.0 Å². The number of aryl methyl sites for hydroxylation is 4. The van der Waals surface area contributed by atoms with Crippen molar-refractivity contribution in [3.63, 3.8) is 0 Å². The summed E-state index contributed by atoms with van der Waals surface area (Å²) < 4.78 is 0. The Morgan fingerprint density at radius 1 is 0.488 bits per heavy atom. The third-order valence-electron chi connectivity index (χ3n) is 8.81. The summed E-state index contributed by atoms with van der Waals surface area (Å²) >= 11 is 0. The summed E-state index contributed by atoms with van der Waals surface area (Å²) in [5.74, 6) is 0. The monoisotopic (exact) mass is 548 g/mol. The van der Waals surface area contributed by atoms with Gasteiger partial charge in [-0.05, 0) is 136 Å². The molecule has 2 aromatic carbocycles. The van der Waals surface area contributed by atoms with Crippen LogP contribution in [0.5, 0.6) is 0 Å². The van der Waals surface area contributed by atoms with Crippen molar-refractivity contribution in [3.05, 3.63) is 94.3 Å². The molecule has 0 aliphatic rings. The van der Waals surface area contributed by atoms with Crippen LogP contribution in [0.3, 0.4) is 0 Å². The lowest BCUT2D eigenvalue weighted by molar-refractivity contribution is 0.610. The number of rotatable bonds is 12. The molecule has 2 aromatic heterocycles. The van der Waals surface area contributed by atoms with Crippen molar-refractivity contribution in [2.75, 3.05) is 37.0 Å². The minimum atomic E-state index is 1.04. The van der Waals surface area contributed by atoms with Crippen LogP contribution < -0.4 is 9.80 Å². The second kappa shape index (κ2) is 13.8. The number of nitrogens with zero attached hydrogens (tertiary/aromatic N) is 4. The molecule has 0 amide bonds. The zero-order valence-corrected chi connectivity index (χ0v) is 26.5. The van der Waals surface area contributed by atoms with E-state index in [0.717, 1.165) is 24.5 Å². The topological polar surface area (TPSA) is 32.3 Å². The molecule has 0 saturated heterocycles. The summed E-state index contributed by atoms with van der Waals surface area (Å²) in [5.41, 5.74) is 14.9. The average Bonchev–Trinajstić information content (AvgIpc) is 2.97. The summed E-state index contributed by atoms with van der Waals surface area (Å²) in [4.78, 5) is 14.2. The van der Waals surface area contributed by atoms with Crippen LogP contribution in [0.15, 0.2) is 60.9 Å². The van der Waals surface area contributed by atoms with Gasteiger partial charge < -0.3 is 9.80 Å². The molecule has 4 heteroatoms. The van der Waals surface area contributed by atoms with Gasteiger partial charge in [-0.2, -0.15) is 0 Å². The molecule has 0 N–H and O–H groups in total.